The van der Waals surface area contributed by atoms with Crippen molar-refractivity contribution in [1.29, 1.82) is 0 Å². The van der Waals surface area contributed by atoms with Crippen LogP contribution in [-0.2, 0) is 55.3 Å². The number of aryl methyl sites for hydroxylation is 9. The highest BCUT2D eigenvalue weighted by molar-refractivity contribution is 7.69. The van der Waals surface area contributed by atoms with Crippen molar-refractivity contribution >= 4 is 177 Å². The number of ether oxygens (including phenoxy) is 5. The lowest BCUT2D eigenvalue weighted by atomic mass is 10.1. The molecule has 9 aromatic carbocycles. The topological polar surface area (TPSA) is 380 Å². The summed E-state index contributed by atoms with van der Waals surface area (Å²) in [7, 11) is -2.00. The Hall–Kier alpha value is -13.7. The van der Waals surface area contributed by atoms with Crippen LogP contribution in [-0.4, -0.2) is 137 Å². The standard InChI is InChI=1S/C28H25N2O4PS2.C27H26N5O4PS.C26H24N5O4PS.C21H23N2O5PS/c1-17-9-14-22(18(2)15-17)35(32,34-4)30-26-25(28(31)33-3)37-27(29-26)20-12-10-19(11-13-20)24-16-21-7-5-6-8-23(21)36-24;1-16-6-11-22(17(2)14-16)37(34,36-5)31-25-24(27(33)35-4)38-26(29-25)20-9-7-19(8-10-20)21-15-23-28-18(3)12-13-32(23)30-21;1-16-6-11-21(17(2)14-16)36(33,35-4)30-24-23(26(32)34-3)37-25(28-24)19-9-7-18(8-10-19)20-15-22-27-12-5-13-31(22)29-20;1-13-6-11-17(14(2)12-13)29(25,28-5)23-19-18(21(24)27-4)30-20(22-19)15-7-9-16(26-3)10-8-15/h5-16H,1-4H3,(H,30,32);6-15H,1-5H3,(H,31,34);5-15H,1-4H3,(H,30,33);6-12H,1-5H3,(H,23,25). The van der Waals surface area contributed by atoms with Crippen LogP contribution in [0.2, 0.25) is 0 Å². The van der Waals surface area contributed by atoms with Crippen LogP contribution in [0.3, 0.4) is 0 Å². The van der Waals surface area contributed by atoms with Gasteiger partial charge in [-0.2, -0.15) is 10.2 Å². The number of carbonyl (C=O) groups is 4. The summed E-state index contributed by atoms with van der Waals surface area (Å²) in [5.41, 5.74) is 17.6. The molecule has 18 aromatic rings. The van der Waals surface area contributed by atoms with Crippen molar-refractivity contribution in [3.05, 3.63) is 313 Å². The number of nitrogens with one attached hydrogen (secondary N) is 4. The van der Waals surface area contributed by atoms with E-state index in [9.17, 15) is 37.4 Å². The van der Waals surface area contributed by atoms with Crippen molar-refractivity contribution in [3.63, 3.8) is 0 Å². The number of anilines is 4. The second kappa shape index (κ2) is 44.2. The molecule has 9 heterocycles. The molecule has 4 unspecified atom stereocenters. The summed E-state index contributed by atoms with van der Waals surface area (Å²) in [5, 5.41) is 26.4. The van der Waals surface area contributed by atoms with Crippen molar-refractivity contribution in [1.82, 2.24) is 49.1 Å². The first-order chi connectivity index (χ1) is 68.1. The van der Waals surface area contributed by atoms with E-state index in [0.717, 1.165) is 146 Å². The van der Waals surface area contributed by atoms with E-state index in [0.29, 0.717) is 47.0 Å². The van der Waals surface area contributed by atoms with Gasteiger partial charge in [-0.1, -0.05) is 162 Å². The van der Waals surface area contributed by atoms with Crippen LogP contribution in [0.1, 0.15) is 88.9 Å². The number of rotatable bonds is 28. The third kappa shape index (κ3) is 22.8. The van der Waals surface area contributed by atoms with E-state index in [4.69, 9.17) is 41.8 Å². The summed E-state index contributed by atoms with van der Waals surface area (Å²) in [5.74, 6) is -0.962. The zero-order chi connectivity index (χ0) is 101. The molecule has 0 aliphatic heterocycles. The van der Waals surface area contributed by atoms with E-state index in [2.05, 4.69) is 78.6 Å². The first-order valence-corrected chi connectivity index (χ1v) is 54.2. The predicted octanol–water partition coefficient (Wildman–Crippen LogP) is 23.8. The summed E-state index contributed by atoms with van der Waals surface area (Å²) in [6, 6.07) is 71.0. The van der Waals surface area contributed by atoms with E-state index in [1.807, 2.05) is 245 Å². The lowest BCUT2D eigenvalue weighted by molar-refractivity contribution is 0.0598. The molecule has 0 fully saturated rings. The Balaban J connectivity index is 0.000000143. The van der Waals surface area contributed by atoms with Crippen LogP contribution < -0.4 is 46.3 Å². The SMILES string of the molecule is COC(=O)c1sc(-c2ccc(-c3cc4ccccc4s3)cc2)nc1NP(=O)(OC)c1ccc(C)cc1C.COC(=O)c1sc(-c2ccc(-c3cc4nc(C)ccn4n3)cc2)nc1NP(=O)(OC)c1ccc(C)cc1C.COC(=O)c1sc(-c2ccc(-c3cc4ncccn4n3)cc2)nc1NP(=O)(OC)c1ccc(C)cc1C.COC(=O)c1sc(-c2ccc(OC)cc2)nc1NP(=O)(OC)c1ccc(C)cc1C. The van der Waals surface area contributed by atoms with E-state index < -0.39 is 54.0 Å². The molecule has 4 N–H and O–H groups in total. The van der Waals surface area contributed by atoms with Gasteiger partial charge in [0.1, 0.15) is 25.8 Å². The number of thiophene rings is 1. The maximum absolute atomic E-state index is 13.9. The number of hydrogen-bond donors (Lipinski definition) is 4. The highest BCUT2D eigenvalue weighted by atomic mass is 32.1. The predicted molar refractivity (Wildman–Crippen MR) is 567 cm³/mol. The van der Waals surface area contributed by atoms with E-state index in [-0.39, 0.29) is 42.8 Å². The molecule has 0 amide bonds. The van der Waals surface area contributed by atoms with Crippen molar-refractivity contribution in [3.8, 4) is 81.0 Å². The number of methoxy groups -OCH3 is 5. The summed E-state index contributed by atoms with van der Waals surface area (Å²) in [4.78, 5) is 79.4. The molecule has 18 rings (SSSR count). The quantitative estimate of drug-likeness (QED) is 0.0201. The molecule has 0 saturated carbocycles. The van der Waals surface area contributed by atoms with Gasteiger partial charge in [-0.05, 0) is 168 Å². The summed E-state index contributed by atoms with van der Waals surface area (Å²) >= 11 is 6.37. The molecule has 0 bridgehead atoms. The molecule has 0 saturated heterocycles. The molecular formula is C102H98N14O17P4S5. The largest absolute Gasteiger partial charge is 0.497 e. The van der Waals surface area contributed by atoms with Crippen molar-refractivity contribution < 1.29 is 79.2 Å². The average molecular weight is 2080 g/mol. The van der Waals surface area contributed by atoms with Gasteiger partial charge >= 0.3 is 54.0 Å². The summed E-state index contributed by atoms with van der Waals surface area (Å²) in [6.07, 6.45) is 5.44. The maximum atomic E-state index is 13.9. The van der Waals surface area contributed by atoms with Crippen molar-refractivity contribution in [2.24, 2.45) is 0 Å². The Kier molecular flexibility index (Phi) is 32.0. The van der Waals surface area contributed by atoms with Gasteiger partial charge in [-0.15, -0.1) is 56.7 Å². The molecule has 0 aliphatic carbocycles. The fourth-order valence-corrected chi connectivity index (χ4v) is 27.0. The van der Waals surface area contributed by atoms with Gasteiger partial charge in [0.2, 0.25) is 0 Å². The van der Waals surface area contributed by atoms with Crippen LogP contribution in [0.15, 0.2) is 243 Å². The molecular weight excluding hydrogens is 1980 g/mol. The first kappa shape index (κ1) is 103. The van der Waals surface area contributed by atoms with E-state index in [1.165, 1.54) is 83.2 Å². The Morgan fingerprint density at radius 3 is 0.951 bits per heavy atom. The normalized spacial score (nSPS) is 12.9. The molecule has 4 atom stereocenters. The Morgan fingerprint density at radius 2 is 0.634 bits per heavy atom. The fraction of sp³-hybridized carbons (Fsp3) is 0.176. The molecule has 142 heavy (non-hydrogen) atoms. The number of hydrogen-bond acceptors (Lipinski definition) is 30. The zero-order valence-corrected chi connectivity index (χ0v) is 88.0. The van der Waals surface area contributed by atoms with E-state index >= 15 is 0 Å². The van der Waals surface area contributed by atoms with Crippen LogP contribution in [0.4, 0.5) is 23.3 Å². The lowest BCUT2D eigenvalue weighted by Gasteiger charge is -2.20. The lowest BCUT2D eigenvalue weighted by Crippen LogP contribution is -2.17. The van der Waals surface area contributed by atoms with Gasteiger partial charge in [0.15, 0.2) is 54.1 Å². The van der Waals surface area contributed by atoms with Gasteiger partial charge < -0.3 is 41.8 Å². The minimum atomic E-state index is -3.58. The van der Waals surface area contributed by atoms with Crippen LogP contribution in [0.25, 0.3) is 96.6 Å². The second-order valence-corrected chi connectivity index (χ2v) is 46.0. The van der Waals surface area contributed by atoms with Crippen LogP contribution in [0.5, 0.6) is 5.75 Å². The van der Waals surface area contributed by atoms with Gasteiger partial charge in [0.25, 0.3) is 0 Å². The molecule has 0 radical (unpaired) electrons. The zero-order valence-electron chi connectivity index (χ0n) is 80.3. The minimum Gasteiger partial charge on any atom is -0.497 e. The van der Waals surface area contributed by atoms with Crippen LogP contribution >= 0.6 is 86.8 Å². The molecule has 31 nitrogen and oxygen atoms in total. The highest BCUT2D eigenvalue weighted by Gasteiger charge is 2.37. The van der Waals surface area contributed by atoms with Gasteiger partial charge in [0, 0.05) is 108 Å². The fourth-order valence-electron chi connectivity index (χ4n) is 15.2. The Bertz CT molecular complexity index is 7670. The average Bonchev–Trinajstić information content (AvgIpc) is 1.79. The Morgan fingerprint density at radius 1 is 0.317 bits per heavy atom. The number of fused-ring (bicyclic) bond motifs is 3. The summed E-state index contributed by atoms with van der Waals surface area (Å²) in [6.45, 7) is 17.3. The van der Waals surface area contributed by atoms with Gasteiger partial charge in [-0.3, -0.25) is 38.6 Å². The smallest absolute Gasteiger partial charge is 0.351 e. The molecule has 9 aromatic heterocycles. The number of thiazole rings is 4. The summed E-state index contributed by atoms with van der Waals surface area (Å²) < 4.78 is 107. The van der Waals surface area contributed by atoms with Crippen LogP contribution in [0, 0.1) is 62.3 Å². The number of nitrogens with zero attached hydrogens (tertiary/aromatic N) is 10. The second-order valence-electron chi connectivity index (χ2n) is 32.3. The first-order valence-electron chi connectivity index (χ1n) is 43.7. The number of carbonyl (C=O) groups excluding carboxylic acids is 4. The Labute approximate surface area is 839 Å². The van der Waals surface area contributed by atoms with Crippen molar-refractivity contribution in [2.75, 3.05) is 84.3 Å². The highest BCUT2D eigenvalue weighted by Crippen LogP contribution is 2.53. The molecule has 0 aliphatic rings. The molecule has 40 heteroatoms. The minimum absolute atomic E-state index is 0.146. The maximum Gasteiger partial charge on any atom is 0.351 e. The number of benzene rings is 9. The molecule has 0 spiro atoms. The number of aromatic nitrogens is 10. The third-order valence-corrected chi connectivity index (χ3v) is 36.6. The molecule has 728 valence electrons. The monoisotopic (exact) mass is 2070 g/mol. The van der Waals surface area contributed by atoms with Gasteiger partial charge in [-0.25, -0.2) is 58.1 Å². The van der Waals surface area contributed by atoms with Gasteiger partial charge in [0.05, 0.1) is 68.2 Å². The van der Waals surface area contributed by atoms with E-state index in [1.54, 1.807) is 70.1 Å². The van der Waals surface area contributed by atoms with Crippen molar-refractivity contribution in [2.45, 2.75) is 62.3 Å². The number of esters is 4. The third-order valence-electron chi connectivity index (χ3n) is 22.4.